The smallest absolute Gasteiger partial charge is 0.257 e. The number of nitrogens with one attached hydrogen (secondary N) is 1. The van der Waals surface area contributed by atoms with Crippen molar-refractivity contribution in [3.63, 3.8) is 0 Å². The fourth-order valence-corrected chi connectivity index (χ4v) is 3.78. The molecule has 1 N–H and O–H groups in total. The lowest BCUT2D eigenvalue weighted by Gasteiger charge is -2.19. The zero-order valence-electron chi connectivity index (χ0n) is 18.9. The number of rotatable bonds is 4. The molecule has 160 valence electrons. The molecule has 31 heavy (non-hydrogen) atoms. The van der Waals surface area contributed by atoms with Gasteiger partial charge < -0.3 is 5.32 Å². The SMILES string of the molecule is Cc1cc(C(=O)Nc2ccnn2Cc2ccc(C(C)(C)C)cc2)c2c(C)nn(C)c2n1. The third-order valence-electron chi connectivity index (χ3n) is 5.45. The Balaban J connectivity index is 1.59. The van der Waals surface area contributed by atoms with Gasteiger partial charge >= 0.3 is 0 Å². The van der Waals surface area contributed by atoms with Gasteiger partial charge in [-0.1, -0.05) is 45.0 Å². The number of carbonyl (C=O) groups is 1. The van der Waals surface area contributed by atoms with Crippen molar-refractivity contribution in [1.29, 1.82) is 0 Å². The minimum atomic E-state index is -0.198. The van der Waals surface area contributed by atoms with Gasteiger partial charge in [0.15, 0.2) is 5.65 Å². The predicted octanol–water partition coefficient (Wildman–Crippen LogP) is 4.38. The predicted molar refractivity (Wildman–Crippen MR) is 122 cm³/mol. The lowest BCUT2D eigenvalue weighted by Crippen LogP contribution is -2.17. The maximum absolute atomic E-state index is 13.2. The van der Waals surface area contributed by atoms with Gasteiger partial charge in [-0.25, -0.2) is 9.67 Å². The van der Waals surface area contributed by atoms with E-state index in [4.69, 9.17) is 0 Å². The molecule has 1 aromatic carbocycles. The highest BCUT2D eigenvalue weighted by Gasteiger charge is 2.19. The van der Waals surface area contributed by atoms with Gasteiger partial charge in [0.2, 0.25) is 0 Å². The molecule has 0 aliphatic carbocycles. The molecule has 0 spiro atoms. The van der Waals surface area contributed by atoms with E-state index in [0.717, 1.165) is 22.3 Å². The number of anilines is 1. The molecule has 3 heterocycles. The van der Waals surface area contributed by atoms with E-state index in [1.807, 2.05) is 27.0 Å². The summed E-state index contributed by atoms with van der Waals surface area (Å²) in [5.41, 5.74) is 5.34. The first-order valence-electron chi connectivity index (χ1n) is 10.4. The zero-order valence-corrected chi connectivity index (χ0v) is 18.9. The third-order valence-corrected chi connectivity index (χ3v) is 5.45. The minimum absolute atomic E-state index is 0.113. The maximum atomic E-state index is 13.2. The Morgan fingerprint density at radius 3 is 2.48 bits per heavy atom. The van der Waals surface area contributed by atoms with Gasteiger partial charge in [-0.3, -0.25) is 9.48 Å². The summed E-state index contributed by atoms with van der Waals surface area (Å²) in [4.78, 5) is 17.7. The van der Waals surface area contributed by atoms with Gasteiger partial charge in [0.25, 0.3) is 5.91 Å². The lowest BCUT2D eigenvalue weighted by molar-refractivity contribution is 0.102. The topological polar surface area (TPSA) is 77.6 Å². The standard InChI is InChI=1S/C24H28N6O/c1-15-13-19(21-16(2)28-29(6)22(21)26-15)23(31)27-20-11-12-25-30(20)14-17-7-9-18(10-8-17)24(3,4)5/h7-13H,14H2,1-6H3,(H,27,31). The quantitative estimate of drug-likeness (QED) is 0.536. The van der Waals surface area contributed by atoms with Gasteiger partial charge in [0, 0.05) is 18.8 Å². The summed E-state index contributed by atoms with van der Waals surface area (Å²) in [5, 5.41) is 12.6. The van der Waals surface area contributed by atoms with E-state index in [0.29, 0.717) is 23.6 Å². The summed E-state index contributed by atoms with van der Waals surface area (Å²) in [5.74, 6) is 0.450. The Bertz CT molecular complexity index is 1260. The summed E-state index contributed by atoms with van der Waals surface area (Å²) in [7, 11) is 1.84. The van der Waals surface area contributed by atoms with E-state index >= 15 is 0 Å². The van der Waals surface area contributed by atoms with E-state index < -0.39 is 0 Å². The molecule has 0 bridgehead atoms. The van der Waals surface area contributed by atoms with Crippen molar-refractivity contribution in [2.24, 2.45) is 7.05 Å². The first-order valence-corrected chi connectivity index (χ1v) is 10.4. The normalized spacial score (nSPS) is 11.8. The number of aryl methyl sites for hydroxylation is 3. The third kappa shape index (κ3) is 4.08. The van der Waals surface area contributed by atoms with Gasteiger partial charge in [-0.15, -0.1) is 0 Å². The number of fused-ring (bicyclic) bond motifs is 1. The average molecular weight is 417 g/mol. The molecule has 0 aliphatic rings. The van der Waals surface area contributed by atoms with Crippen LogP contribution >= 0.6 is 0 Å². The number of amides is 1. The molecule has 0 radical (unpaired) electrons. The summed E-state index contributed by atoms with van der Waals surface area (Å²) in [6.45, 7) is 10.9. The number of carbonyl (C=O) groups excluding carboxylic acids is 1. The molecule has 1 amide bonds. The average Bonchev–Trinajstić information content (AvgIpc) is 3.24. The van der Waals surface area contributed by atoms with Crippen molar-refractivity contribution in [3.8, 4) is 0 Å². The zero-order chi connectivity index (χ0) is 22.3. The number of hydrogen-bond acceptors (Lipinski definition) is 4. The molecule has 4 rings (SSSR count). The highest BCUT2D eigenvalue weighted by atomic mass is 16.1. The van der Waals surface area contributed by atoms with Gasteiger partial charge in [0.05, 0.1) is 29.4 Å². The van der Waals surface area contributed by atoms with Crippen LogP contribution in [0.2, 0.25) is 0 Å². The molecule has 3 aromatic heterocycles. The number of pyridine rings is 1. The van der Waals surface area contributed by atoms with Crippen LogP contribution in [0.4, 0.5) is 5.82 Å². The van der Waals surface area contributed by atoms with Crippen LogP contribution < -0.4 is 5.32 Å². The largest absolute Gasteiger partial charge is 0.307 e. The fraction of sp³-hybridized carbons (Fsp3) is 0.333. The second kappa shape index (κ2) is 7.65. The summed E-state index contributed by atoms with van der Waals surface area (Å²) < 4.78 is 3.51. The van der Waals surface area contributed by atoms with Crippen LogP contribution in [0.3, 0.4) is 0 Å². The van der Waals surface area contributed by atoms with E-state index in [2.05, 4.69) is 65.5 Å². The molecular weight excluding hydrogens is 388 g/mol. The van der Waals surface area contributed by atoms with Crippen molar-refractivity contribution in [1.82, 2.24) is 24.5 Å². The van der Waals surface area contributed by atoms with Crippen LogP contribution in [0, 0.1) is 13.8 Å². The summed E-state index contributed by atoms with van der Waals surface area (Å²) in [6.07, 6.45) is 1.70. The number of benzene rings is 1. The first-order chi connectivity index (χ1) is 14.6. The van der Waals surface area contributed by atoms with E-state index in [9.17, 15) is 4.79 Å². The second-order valence-corrected chi connectivity index (χ2v) is 8.99. The molecule has 0 unspecified atom stereocenters. The summed E-state index contributed by atoms with van der Waals surface area (Å²) in [6, 6.07) is 12.1. The van der Waals surface area contributed by atoms with Crippen molar-refractivity contribution < 1.29 is 4.79 Å². The van der Waals surface area contributed by atoms with Crippen LogP contribution in [0.5, 0.6) is 0 Å². The van der Waals surface area contributed by atoms with Crippen LogP contribution in [-0.2, 0) is 19.0 Å². The Labute approximate surface area is 182 Å². The minimum Gasteiger partial charge on any atom is -0.307 e. The molecule has 0 atom stereocenters. The van der Waals surface area contributed by atoms with E-state index in [1.54, 1.807) is 21.6 Å². The number of hydrogen-bond donors (Lipinski definition) is 1. The van der Waals surface area contributed by atoms with Crippen molar-refractivity contribution >= 4 is 22.8 Å². The number of nitrogens with zero attached hydrogens (tertiary/aromatic N) is 5. The summed E-state index contributed by atoms with van der Waals surface area (Å²) >= 11 is 0. The Morgan fingerprint density at radius 2 is 1.81 bits per heavy atom. The van der Waals surface area contributed by atoms with Crippen LogP contribution in [-0.4, -0.2) is 30.5 Å². The van der Waals surface area contributed by atoms with Crippen molar-refractivity contribution in [2.75, 3.05) is 5.32 Å². The van der Waals surface area contributed by atoms with Gasteiger partial charge in [0.1, 0.15) is 5.82 Å². The van der Waals surface area contributed by atoms with E-state index in [1.165, 1.54) is 5.56 Å². The van der Waals surface area contributed by atoms with Crippen molar-refractivity contribution in [3.05, 3.63) is 70.7 Å². The van der Waals surface area contributed by atoms with E-state index in [-0.39, 0.29) is 11.3 Å². The second-order valence-electron chi connectivity index (χ2n) is 8.99. The molecule has 7 heteroatoms. The Hall–Kier alpha value is -3.48. The lowest BCUT2D eigenvalue weighted by atomic mass is 9.87. The first kappa shape index (κ1) is 20.8. The van der Waals surface area contributed by atoms with Crippen molar-refractivity contribution in [2.45, 2.75) is 46.6 Å². The van der Waals surface area contributed by atoms with Crippen LogP contribution in [0.15, 0.2) is 42.6 Å². The monoisotopic (exact) mass is 416 g/mol. The highest BCUT2D eigenvalue weighted by molar-refractivity contribution is 6.12. The van der Waals surface area contributed by atoms with Crippen LogP contribution in [0.1, 0.15) is 53.6 Å². The Kier molecular flexibility index (Phi) is 5.13. The van der Waals surface area contributed by atoms with Gasteiger partial charge in [-0.2, -0.15) is 10.2 Å². The molecule has 0 fully saturated rings. The molecule has 7 nitrogen and oxygen atoms in total. The van der Waals surface area contributed by atoms with Gasteiger partial charge in [-0.05, 0) is 36.5 Å². The maximum Gasteiger partial charge on any atom is 0.257 e. The molecule has 0 aliphatic heterocycles. The molecule has 0 saturated carbocycles. The molecule has 0 saturated heterocycles. The fourth-order valence-electron chi connectivity index (χ4n) is 3.78. The Morgan fingerprint density at radius 1 is 1.10 bits per heavy atom. The highest BCUT2D eigenvalue weighted by Crippen LogP contribution is 2.24. The molecule has 4 aromatic rings. The van der Waals surface area contributed by atoms with Crippen LogP contribution in [0.25, 0.3) is 11.0 Å². The molecular formula is C24H28N6O. The number of aromatic nitrogens is 5.